The lowest BCUT2D eigenvalue weighted by atomic mass is 10.2. The fourth-order valence-corrected chi connectivity index (χ4v) is 1.90. The van der Waals surface area contributed by atoms with Gasteiger partial charge in [-0.1, -0.05) is 34.4 Å². The van der Waals surface area contributed by atoms with E-state index in [2.05, 4.69) is 5.16 Å². The molecule has 6 heteroatoms. The second-order valence-corrected chi connectivity index (χ2v) is 4.63. The summed E-state index contributed by atoms with van der Waals surface area (Å²) < 4.78 is 0. The molecule has 0 saturated carbocycles. The lowest BCUT2D eigenvalue weighted by molar-refractivity contribution is 0.279. The SMILES string of the molecule is CC(C(N)=NO)N(C)Cc1c(Cl)cccc1Cl. The Hall–Kier alpha value is -0.970. The number of hydrogen-bond acceptors (Lipinski definition) is 3. The third kappa shape index (κ3) is 3.49. The highest BCUT2D eigenvalue weighted by molar-refractivity contribution is 6.35. The maximum Gasteiger partial charge on any atom is 0.156 e. The predicted molar refractivity (Wildman–Crippen MR) is 70.8 cm³/mol. The highest BCUT2D eigenvalue weighted by Gasteiger charge is 2.16. The van der Waals surface area contributed by atoms with E-state index in [1.165, 1.54) is 0 Å². The van der Waals surface area contributed by atoms with Crippen LogP contribution in [0.25, 0.3) is 0 Å². The molecule has 0 bridgehead atoms. The van der Waals surface area contributed by atoms with Gasteiger partial charge in [0.15, 0.2) is 5.84 Å². The molecule has 0 spiro atoms. The van der Waals surface area contributed by atoms with Gasteiger partial charge in [0.25, 0.3) is 0 Å². The lowest BCUT2D eigenvalue weighted by Gasteiger charge is -2.24. The van der Waals surface area contributed by atoms with E-state index in [1.54, 1.807) is 18.2 Å². The molecule has 0 aliphatic rings. The monoisotopic (exact) mass is 275 g/mol. The molecule has 0 aliphatic carbocycles. The molecule has 0 fully saturated rings. The first-order valence-electron chi connectivity index (χ1n) is 5.08. The Kier molecular flexibility index (Phi) is 5.05. The van der Waals surface area contributed by atoms with Gasteiger partial charge in [-0.15, -0.1) is 0 Å². The summed E-state index contributed by atoms with van der Waals surface area (Å²) in [6.45, 7) is 2.36. The normalized spacial score (nSPS) is 14.1. The van der Waals surface area contributed by atoms with Crippen molar-refractivity contribution in [2.24, 2.45) is 10.9 Å². The van der Waals surface area contributed by atoms with Gasteiger partial charge in [0.1, 0.15) is 0 Å². The zero-order chi connectivity index (χ0) is 13.0. The van der Waals surface area contributed by atoms with E-state index in [0.717, 1.165) is 5.56 Å². The van der Waals surface area contributed by atoms with Crippen LogP contribution in [-0.2, 0) is 6.54 Å². The van der Waals surface area contributed by atoms with E-state index < -0.39 is 0 Å². The number of likely N-dealkylation sites (N-methyl/N-ethyl adjacent to an activating group) is 1. The Balaban J connectivity index is 2.85. The van der Waals surface area contributed by atoms with Crippen LogP contribution in [0.15, 0.2) is 23.4 Å². The van der Waals surface area contributed by atoms with Crippen LogP contribution in [0.4, 0.5) is 0 Å². The molecule has 0 amide bonds. The Labute approximate surface area is 111 Å². The standard InChI is InChI=1S/C11H15Cl2N3O/c1-7(11(14)15-17)16(2)6-8-9(12)4-3-5-10(8)13/h3-5,7,17H,6H2,1-2H3,(H2,14,15). The van der Waals surface area contributed by atoms with Crippen molar-refractivity contribution in [3.8, 4) is 0 Å². The highest BCUT2D eigenvalue weighted by Crippen LogP contribution is 2.25. The van der Waals surface area contributed by atoms with Gasteiger partial charge < -0.3 is 10.9 Å². The molecule has 0 aliphatic heterocycles. The van der Waals surface area contributed by atoms with E-state index in [9.17, 15) is 0 Å². The van der Waals surface area contributed by atoms with Gasteiger partial charge in [0.05, 0.1) is 6.04 Å². The topological polar surface area (TPSA) is 61.9 Å². The van der Waals surface area contributed by atoms with Gasteiger partial charge in [-0.2, -0.15) is 0 Å². The molecule has 4 nitrogen and oxygen atoms in total. The number of halogens is 2. The zero-order valence-electron chi connectivity index (χ0n) is 9.69. The summed E-state index contributed by atoms with van der Waals surface area (Å²) in [5, 5.41) is 12.8. The van der Waals surface area contributed by atoms with Crippen molar-refractivity contribution in [3.05, 3.63) is 33.8 Å². The van der Waals surface area contributed by atoms with Gasteiger partial charge in [-0.25, -0.2) is 0 Å². The minimum atomic E-state index is -0.202. The molecule has 0 saturated heterocycles. The minimum Gasteiger partial charge on any atom is -0.409 e. The van der Waals surface area contributed by atoms with Crippen molar-refractivity contribution in [2.75, 3.05) is 7.05 Å². The lowest BCUT2D eigenvalue weighted by Crippen LogP contribution is -2.40. The van der Waals surface area contributed by atoms with Crippen LogP contribution in [0.3, 0.4) is 0 Å². The van der Waals surface area contributed by atoms with Gasteiger partial charge in [0, 0.05) is 22.2 Å². The third-order valence-corrected chi connectivity index (χ3v) is 3.38. The van der Waals surface area contributed by atoms with Crippen molar-refractivity contribution in [3.63, 3.8) is 0 Å². The highest BCUT2D eigenvalue weighted by atomic mass is 35.5. The van der Waals surface area contributed by atoms with Crippen molar-refractivity contribution in [1.29, 1.82) is 0 Å². The summed E-state index contributed by atoms with van der Waals surface area (Å²) in [6.07, 6.45) is 0. The van der Waals surface area contributed by atoms with E-state index in [0.29, 0.717) is 16.6 Å². The smallest absolute Gasteiger partial charge is 0.156 e. The maximum atomic E-state index is 8.61. The predicted octanol–water partition coefficient (Wildman–Crippen LogP) is 2.56. The number of nitrogens with two attached hydrogens (primary N) is 1. The molecule has 1 aromatic rings. The summed E-state index contributed by atoms with van der Waals surface area (Å²) in [4.78, 5) is 1.89. The number of rotatable bonds is 4. The quantitative estimate of drug-likeness (QED) is 0.384. The zero-order valence-corrected chi connectivity index (χ0v) is 11.2. The van der Waals surface area contributed by atoms with Crippen LogP contribution in [0, 0.1) is 0 Å². The minimum absolute atomic E-state index is 0.149. The summed E-state index contributed by atoms with van der Waals surface area (Å²) in [5.41, 5.74) is 6.37. The number of nitrogens with zero attached hydrogens (tertiary/aromatic N) is 2. The van der Waals surface area contributed by atoms with Crippen molar-refractivity contribution in [1.82, 2.24) is 4.90 Å². The fourth-order valence-electron chi connectivity index (χ4n) is 1.38. The van der Waals surface area contributed by atoms with Crippen molar-refractivity contribution >= 4 is 29.0 Å². The first kappa shape index (κ1) is 14.1. The molecular weight excluding hydrogens is 261 g/mol. The van der Waals surface area contributed by atoms with Crippen LogP contribution in [0.1, 0.15) is 12.5 Å². The van der Waals surface area contributed by atoms with Crippen LogP contribution in [-0.4, -0.2) is 29.0 Å². The van der Waals surface area contributed by atoms with E-state index in [4.69, 9.17) is 34.1 Å². The Morgan fingerprint density at radius 3 is 2.47 bits per heavy atom. The van der Waals surface area contributed by atoms with E-state index in [1.807, 2.05) is 18.9 Å². The first-order valence-corrected chi connectivity index (χ1v) is 5.83. The second kappa shape index (κ2) is 6.10. The van der Waals surface area contributed by atoms with Crippen LogP contribution in [0.2, 0.25) is 10.0 Å². The third-order valence-electron chi connectivity index (χ3n) is 2.67. The summed E-state index contributed by atoms with van der Waals surface area (Å²) >= 11 is 12.1. The second-order valence-electron chi connectivity index (χ2n) is 3.82. The summed E-state index contributed by atoms with van der Waals surface area (Å²) in [5.74, 6) is 0.149. The average Bonchev–Trinajstić information content (AvgIpc) is 2.31. The maximum absolute atomic E-state index is 8.61. The molecule has 0 aromatic heterocycles. The van der Waals surface area contributed by atoms with Crippen LogP contribution in [0.5, 0.6) is 0 Å². The first-order chi connectivity index (χ1) is 7.97. The molecule has 0 heterocycles. The van der Waals surface area contributed by atoms with Crippen molar-refractivity contribution < 1.29 is 5.21 Å². The molecule has 1 atom stereocenters. The summed E-state index contributed by atoms with van der Waals surface area (Å²) in [6, 6.07) is 5.16. The number of amidine groups is 1. The Morgan fingerprint density at radius 1 is 1.47 bits per heavy atom. The number of oxime groups is 1. The van der Waals surface area contributed by atoms with Gasteiger partial charge in [-0.3, -0.25) is 4.90 Å². The Morgan fingerprint density at radius 2 is 2.00 bits per heavy atom. The van der Waals surface area contributed by atoms with E-state index in [-0.39, 0.29) is 11.9 Å². The molecule has 0 radical (unpaired) electrons. The molecule has 1 aromatic carbocycles. The van der Waals surface area contributed by atoms with Crippen LogP contribution >= 0.6 is 23.2 Å². The number of benzene rings is 1. The Bertz CT molecular complexity index is 403. The molecule has 3 N–H and O–H groups in total. The molecule has 1 unspecified atom stereocenters. The van der Waals surface area contributed by atoms with E-state index >= 15 is 0 Å². The molecular formula is C11H15Cl2N3O. The average molecular weight is 276 g/mol. The van der Waals surface area contributed by atoms with Crippen LogP contribution < -0.4 is 5.73 Å². The molecule has 1 rings (SSSR count). The largest absolute Gasteiger partial charge is 0.409 e. The van der Waals surface area contributed by atoms with Gasteiger partial charge in [-0.05, 0) is 26.1 Å². The van der Waals surface area contributed by atoms with Crippen molar-refractivity contribution in [2.45, 2.75) is 19.5 Å². The summed E-state index contributed by atoms with van der Waals surface area (Å²) in [7, 11) is 1.85. The number of hydrogen-bond donors (Lipinski definition) is 2. The fraction of sp³-hybridized carbons (Fsp3) is 0.364. The molecule has 17 heavy (non-hydrogen) atoms. The molecule has 94 valence electrons. The van der Waals surface area contributed by atoms with Gasteiger partial charge >= 0.3 is 0 Å². The van der Waals surface area contributed by atoms with Gasteiger partial charge in [0.2, 0.25) is 0 Å².